The maximum absolute atomic E-state index is 11.1. The van der Waals surface area contributed by atoms with Gasteiger partial charge < -0.3 is 26.4 Å². The summed E-state index contributed by atoms with van der Waals surface area (Å²) >= 11 is 0. The first-order valence-electron chi connectivity index (χ1n) is 6.29. The highest BCUT2D eigenvalue weighted by Crippen LogP contribution is 2.20. The molecule has 19 heavy (non-hydrogen) atoms. The Morgan fingerprint density at radius 1 is 1.58 bits per heavy atom. The van der Waals surface area contributed by atoms with Gasteiger partial charge in [0.15, 0.2) is 0 Å². The first-order valence-corrected chi connectivity index (χ1v) is 6.29. The number of hydrogen-bond acceptors (Lipinski definition) is 5. The molecular weight excluding hydrogens is 244 g/mol. The molecule has 0 spiro atoms. The Morgan fingerprint density at radius 2 is 2.37 bits per heavy atom. The molecule has 1 aromatic carbocycles. The first-order chi connectivity index (χ1) is 9.06. The van der Waals surface area contributed by atoms with Gasteiger partial charge in [0.25, 0.3) is 0 Å². The van der Waals surface area contributed by atoms with E-state index >= 15 is 0 Å². The van der Waals surface area contributed by atoms with Gasteiger partial charge in [-0.2, -0.15) is 0 Å². The van der Waals surface area contributed by atoms with Crippen LogP contribution in [0.2, 0.25) is 0 Å². The Morgan fingerprint density at radius 3 is 3.05 bits per heavy atom. The third-order valence-corrected chi connectivity index (χ3v) is 3.20. The number of nitrogens with one attached hydrogen (secondary N) is 1. The highest BCUT2D eigenvalue weighted by molar-refractivity contribution is 5.94. The van der Waals surface area contributed by atoms with Crippen molar-refractivity contribution in [2.45, 2.75) is 6.10 Å². The van der Waals surface area contributed by atoms with Crippen LogP contribution >= 0.6 is 0 Å². The third kappa shape index (κ3) is 3.59. The number of nitrogens with zero attached hydrogens (tertiary/aromatic N) is 1. The minimum atomic E-state index is -0.461. The molecule has 1 atom stereocenters. The average molecular weight is 264 g/mol. The number of benzene rings is 1. The quantitative estimate of drug-likeness (QED) is 0.671. The smallest absolute Gasteiger partial charge is 0.248 e. The van der Waals surface area contributed by atoms with Crippen molar-refractivity contribution in [3.8, 4) is 0 Å². The SMILES string of the molecule is CN1CCOC(CNc2cc(C(N)=O)ccc2N)C1. The van der Waals surface area contributed by atoms with Crippen molar-refractivity contribution in [2.75, 3.05) is 44.3 Å². The molecule has 1 aliphatic heterocycles. The van der Waals surface area contributed by atoms with Crippen LogP contribution in [0.15, 0.2) is 18.2 Å². The normalized spacial score (nSPS) is 20.2. The molecule has 104 valence electrons. The molecule has 1 heterocycles. The summed E-state index contributed by atoms with van der Waals surface area (Å²) in [5, 5.41) is 3.21. The first kappa shape index (κ1) is 13.6. The summed E-state index contributed by atoms with van der Waals surface area (Å²) in [4.78, 5) is 13.4. The van der Waals surface area contributed by atoms with Crippen LogP contribution in [0.25, 0.3) is 0 Å². The lowest BCUT2D eigenvalue weighted by Gasteiger charge is -2.30. The molecule has 6 heteroatoms. The minimum absolute atomic E-state index is 0.121. The van der Waals surface area contributed by atoms with E-state index in [1.807, 2.05) is 0 Å². The monoisotopic (exact) mass is 264 g/mol. The summed E-state index contributed by atoms with van der Waals surface area (Å²) in [5.41, 5.74) is 12.9. The van der Waals surface area contributed by atoms with Gasteiger partial charge >= 0.3 is 0 Å². The Labute approximate surface area is 112 Å². The van der Waals surface area contributed by atoms with Crippen molar-refractivity contribution in [3.63, 3.8) is 0 Å². The van der Waals surface area contributed by atoms with Gasteiger partial charge in [0, 0.05) is 25.2 Å². The molecule has 2 rings (SSSR count). The van der Waals surface area contributed by atoms with Crippen molar-refractivity contribution in [1.82, 2.24) is 4.90 Å². The molecule has 1 aliphatic rings. The largest absolute Gasteiger partial charge is 0.397 e. The van der Waals surface area contributed by atoms with Gasteiger partial charge in [0.1, 0.15) is 0 Å². The fourth-order valence-electron chi connectivity index (χ4n) is 2.08. The number of rotatable bonds is 4. The molecule has 1 saturated heterocycles. The fraction of sp³-hybridized carbons (Fsp3) is 0.462. The third-order valence-electron chi connectivity index (χ3n) is 3.20. The number of morpholine rings is 1. The van der Waals surface area contributed by atoms with Gasteiger partial charge in [-0.05, 0) is 25.2 Å². The standard InChI is InChI=1S/C13H20N4O2/c1-17-4-5-19-10(8-17)7-16-12-6-9(13(15)18)2-3-11(12)14/h2-3,6,10,16H,4-5,7-8,14H2,1H3,(H2,15,18). The van der Waals surface area contributed by atoms with Gasteiger partial charge in [-0.25, -0.2) is 0 Å². The average Bonchev–Trinajstić information content (AvgIpc) is 2.37. The summed E-state index contributed by atoms with van der Waals surface area (Å²) in [5.74, 6) is -0.461. The summed E-state index contributed by atoms with van der Waals surface area (Å²) in [6, 6.07) is 4.97. The summed E-state index contributed by atoms with van der Waals surface area (Å²) in [6.45, 7) is 3.22. The van der Waals surface area contributed by atoms with Crippen LogP contribution in [0.5, 0.6) is 0 Å². The second kappa shape index (κ2) is 5.90. The molecule has 0 aliphatic carbocycles. The molecule has 1 amide bonds. The van der Waals surface area contributed by atoms with Crippen LogP contribution in [0.4, 0.5) is 11.4 Å². The summed E-state index contributed by atoms with van der Waals surface area (Å²) < 4.78 is 5.65. The number of nitrogen functional groups attached to an aromatic ring is 1. The zero-order valence-electron chi connectivity index (χ0n) is 11.1. The number of carbonyl (C=O) groups is 1. The van der Waals surface area contributed by atoms with E-state index in [9.17, 15) is 4.79 Å². The van der Waals surface area contributed by atoms with Crippen molar-refractivity contribution in [3.05, 3.63) is 23.8 Å². The molecule has 1 fully saturated rings. The van der Waals surface area contributed by atoms with E-state index in [1.54, 1.807) is 18.2 Å². The van der Waals surface area contributed by atoms with E-state index in [4.69, 9.17) is 16.2 Å². The number of hydrogen-bond donors (Lipinski definition) is 3. The predicted molar refractivity (Wildman–Crippen MR) is 75.1 cm³/mol. The Bertz CT molecular complexity index is 464. The Kier molecular flexibility index (Phi) is 4.24. The van der Waals surface area contributed by atoms with Crippen molar-refractivity contribution >= 4 is 17.3 Å². The minimum Gasteiger partial charge on any atom is -0.397 e. The van der Waals surface area contributed by atoms with Crippen LogP contribution in [0.3, 0.4) is 0 Å². The van der Waals surface area contributed by atoms with Crippen LogP contribution in [0.1, 0.15) is 10.4 Å². The summed E-state index contributed by atoms with van der Waals surface area (Å²) in [6.07, 6.45) is 0.121. The van der Waals surface area contributed by atoms with Gasteiger partial charge in [-0.3, -0.25) is 4.79 Å². The lowest BCUT2D eigenvalue weighted by Crippen LogP contribution is -2.43. The number of primary amides is 1. The maximum atomic E-state index is 11.1. The van der Waals surface area contributed by atoms with Gasteiger partial charge in [-0.15, -0.1) is 0 Å². The molecule has 1 unspecified atom stereocenters. The number of carbonyl (C=O) groups excluding carboxylic acids is 1. The predicted octanol–water partition coefficient (Wildman–Crippen LogP) is 0.110. The van der Waals surface area contributed by atoms with Gasteiger partial charge in [0.05, 0.1) is 24.1 Å². The van der Waals surface area contributed by atoms with Gasteiger partial charge in [-0.1, -0.05) is 0 Å². The van der Waals surface area contributed by atoms with E-state index < -0.39 is 5.91 Å². The topological polar surface area (TPSA) is 93.6 Å². The molecule has 1 aromatic rings. The number of likely N-dealkylation sites (N-methyl/N-ethyl adjacent to an activating group) is 1. The molecule has 0 aromatic heterocycles. The van der Waals surface area contributed by atoms with E-state index in [1.165, 1.54) is 0 Å². The molecule has 0 bridgehead atoms. The number of ether oxygens (including phenoxy) is 1. The number of amides is 1. The Hall–Kier alpha value is -1.79. The summed E-state index contributed by atoms with van der Waals surface area (Å²) in [7, 11) is 2.07. The fourth-order valence-corrected chi connectivity index (χ4v) is 2.08. The number of nitrogens with two attached hydrogens (primary N) is 2. The molecule has 5 N–H and O–H groups in total. The van der Waals surface area contributed by atoms with E-state index in [-0.39, 0.29) is 6.10 Å². The van der Waals surface area contributed by atoms with Crippen molar-refractivity contribution in [1.29, 1.82) is 0 Å². The highest BCUT2D eigenvalue weighted by atomic mass is 16.5. The van der Waals surface area contributed by atoms with Gasteiger partial charge in [0.2, 0.25) is 5.91 Å². The van der Waals surface area contributed by atoms with Crippen LogP contribution in [0, 0.1) is 0 Å². The van der Waals surface area contributed by atoms with Crippen molar-refractivity contribution < 1.29 is 9.53 Å². The lowest BCUT2D eigenvalue weighted by molar-refractivity contribution is -0.0117. The molecule has 0 saturated carbocycles. The second-order valence-corrected chi connectivity index (χ2v) is 4.80. The van der Waals surface area contributed by atoms with E-state index in [2.05, 4.69) is 17.3 Å². The zero-order valence-corrected chi connectivity index (χ0v) is 11.1. The van der Waals surface area contributed by atoms with Crippen LogP contribution in [-0.4, -0.2) is 50.2 Å². The number of anilines is 2. The highest BCUT2D eigenvalue weighted by Gasteiger charge is 2.17. The van der Waals surface area contributed by atoms with E-state index in [0.717, 1.165) is 19.7 Å². The zero-order chi connectivity index (χ0) is 13.8. The van der Waals surface area contributed by atoms with E-state index in [0.29, 0.717) is 23.5 Å². The Balaban J connectivity index is 1.98. The molecule has 6 nitrogen and oxygen atoms in total. The van der Waals surface area contributed by atoms with Crippen LogP contribution in [-0.2, 0) is 4.74 Å². The maximum Gasteiger partial charge on any atom is 0.248 e. The second-order valence-electron chi connectivity index (χ2n) is 4.80. The molecule has 0 radical (unpaired) electrons. The molecular formula is C13H20N4O2. The lowest BCUT2D eigenvalue weighted by atomic mass is 10.1. The van der Waals surface area contributed by atoms with Crippen LogP contribution < -0.4 is 16.8 Å². The van der Waals surface area contributed by atoms with Crippen molar-refractivity contribution in [2.24, 2.45) is 5.73 Å².